The van der Waals surface area contributed by atoms with Gasteiger partial charge in [-0.1, -0.05) is 35.9 Å². The van der Waals surface area contributed by atoms with E-state index in [0.717, 1.165) is 18.5 Å². The van der Waals surface area contributed by atoms with Gasteiger partial charge in [0.05, 0.1) is 30.2 Å². The summed E-state index contributed by atoms with van der Waals surface area (Å²) in [7, 11) is 0. The van der Waals surface area contributed by atoms with E-state index in [1.165, 1.54) is 11.1 Å². The Bertz CT molecular complexity index is 708. The first-order valence-corrected chi connectivity index (χ1v) is 8.30. The molecule has 1 N–H and O–H groups in total. The zero-order chi connectivity index (χ0) is 16.8. The number of nitrogens with zero attached hydrogens (tertiary/aromatic N) is 1. The van der Waals surface area contributed by atoms with Crippen LogP contribution in [0.5, 0.6) is 0 Å². The van der Waals surface area contributed by atoms with Crippen molar-refractivity contribution in [2.45, 2.75) is 32.2 Å². The normalized spacial score (nSPS) is 15.1. The Morgan fingerprint density at radius 1 is 1.25 bits per heavy atom. The fraction of sp³-hybridized carbons (Fsp3) is 0.300. The Morgan fingerprint density at radius 2 is 2.08 bits per heavy atom. The molecule has 2 aromatic rings. The molecule has 3 rings (SSSR count). The molecule has 0 aliphatic carbocycles. The monoisotopic (exact) mass is 322 g/mol. The van der Waals surface area contributed by atoms with E-state index in [-0.39, 0.29) is 11.9 Å². The number of carbonyl (C=O) groups is 1. The summed E-state index contributed by atoms with van der Waals surface area (Å²) in [4.78, 5) is 17.0. The number of aromatic nitrogens is 1. The van der Waals surface area contributed by atoms with Crippen molar-refractivity contribution in [2.24, 2.45) is 0 Å². The Balaban J connectivity index is 1.78. The first kappa shape index (κ1) is 16.2. The van der Waals surface area contributed by atoms with Crippen molar-refractivity contribution in [3.05, 3.63) is 77.3 Å². The number of ether oxygens (including phenoxy) is 1. The lowest BCUT2D eigenvalue weighted by Crippen LogP contribution is -2.32. The predicted molar refractivity (Wildman–Crippen MR) is 93.3 cm³/mol. The molecule has 1 amide bonds. The average Bonchev–Trinajstić information content (AvgIpc) is 2.64. The molecule has 1 aromatic carbocycles. The number of amides is 1. The van der Waals surface area contributed by atoms with Crippen LogP contribution in [0.2, 0.25) is 0 Å². The number of hydrogen-bond acceptors (Lipinski definition) is 3. The third kappa shape index (κ3) is 4.22. The molecule has 1 aromatic heterocycles. The van der Waals surface area contributed by atoms with E-state index in [4.69, 9.17) is 4.74 Å². The molecule has 1 atom stereocenters. The van der Waals surface area contributed by atoms with Crippen molar-refractivity contribution in [2.75, 3.05) is 6.61 Å². The Hall–Kier alpha value is -2.62. The van der Waals surface area contributed by atoms with Gasteiger partial charge in [-0.05, 0) is 43.9 Å². The number of rotatable bonds is 5. The molecule has 0 unspecified atom stereocenters. The van der Waals surface area contributed by atoms with E-state index < -0.39 is 0 Å². The van der Waals surface area contributed by atoms with Crippen LogP contribution >= 0.6 is 0 Å². The summed E-state index contributed by atoms with van der Waals surface area (Å²) in [5, 5.41) is 3.12. The highest BCUT2D eigenvalue weighted by Crippen LogP contribution is 2.19. The SMILES string of the molecule is Cc1ccc(C[C@@H](NC(=O)C2=COCCC2)c2ccccn2)cc1. The zero-order valence-electron chi connectivity index (χ0n) is 13.9. The number of nitrogens with one attached hydrogen (secondary N) is 1. The highest BCUT2D eigenvalue weighted by molar-refractivity contribution is 5.93. The predicted octanol–water partition coefficient (Wildman–Crippen LogP) is 3.48. The Kier molecular flexibility index (Phi) is 5.26. The molecule has 2 heterocycles. The van der Waals surface area contributed by atoms with Crippen molar-refractivity contribution in [1.29, 1.82) is 0 Å². The molecule has 0 fully saturated rings. The lowest BCUT2D eigenvalue weighted by atomic mass is 10.0. The van der Waals surface area contributed by atoms with E-state index in [2.05, 4.69) is 41.5 Å². The molecule has 124 valence electrons. The summed E-state index contributed by atoms with van der Waals surface area (Å²) in [5.41, 5.74) is 3.96. The molecule has 0 bridgehead atoms. The molecule has 0 radical (unpaired) electrons. The van der Waals surface area contributed by atoms with E-state index in [0.29, 0.717) is 18.6 Å². The second-order valence-corrected chi connectivity index (χ2v) is 6.09. The molecule has 24 heavy (non-hydrogen) atoms. The minimum Gasteiger partial charge on any atom is -0.501 e. The quantitative estimate of drug-likeness (QED) is 0.917. The van der Waals surface area contributed by atoms with E-state index in [9.17, 15) is 4.79 Å². The molecule has 0 saturated carbocycles. The summed E-state index contributed by atoms with van der Waals surface area (Å²) in [6.07, 6.45) is 5.68. The minimum atomic E-state index is -0.163. The van der Waals surface area contributed by atoms with Crippen molar-refractivity contribution < 1.29 is 9.53 Å². The first-order valence-electron chi connectivity index (χ1n) is 8.30. The highest BCUT2D eigenvalue weighted by atomic mass is 16.5. The summed E-state index contributed by atoms with van der Waals surface area (Å²) in [6.45, 7) is 2.75. The fourth-order valence-corrected chi connectivity index (χ4v) is 2.75. The van der Waals surface area contributed by atoms with Crippen LogP contribution in [-0.2, 0) is 16.0 Å². The van der Waals surface area contributed by atoms with E-state index >= 15 is 0 Å². The highest BCUT2D eigenvalue weighted by Gasteiger charge is 2.20. The topological polar surface area (TPSA) is 51.2 Å². The van der Waals surface area contributed by atoms with Crippen LogP contribution in [-0.4, -0.2) is 17.5 Å². The number of carbonyl (C=O) groups excluding carboxylic acids is 1. The summed E-state index contributed by atoms with van der Waals surface area (Å²) in [5.74, 6) is -0.0718. The van der Waals surface area contributed by atoms with Crippen LogP contribution in [0, 0.1) is 6.92 Å². The lowest BCUT2D eigenvalue weighted by molar-refractivity contribution is -0.118. The van der Waals surface area contributed by atoms with Gasteiger partial charge in [0, 0.05) is 6.20 Å². The number of benzene rings is 1. The maximum atomic E-state index is 12.5. The number of hydrogen-bond donors (Lipinski definition) is 1. The van der Waals surface area contributed by atoms with Gasteiger partial charge in [-0.25, -0.2) is 0 Å². The van der Waals surface area contributed by atoms with Gasteiger partial charge in [-0.3, -0.25) is 9.78 Å². The van der Waals surface area contributed by atoms with Crippen molar-refractivity contribution >= 4 is 5.91 Å². The molecule has 1 aliphatic rings. The molecular weight excluding hydrogens is 300 g/mol. The summed E-state index contributed by atoms with van der Waals surface area (Å²) < 4.78 is 5.28. The molecule has 0 spiro atoms. The minimum absolute atomic E-state index is 0.0718. The van der Waals surface area contributed by atoms with E-state index in [1.807, 2.05) is 18.2 Å². The second-order valence-electron chi connectivity index (χ2n) is 6.09. The smallest absolute Gasteiger partial charge is 0.250 e. The van der Waals surface area contributed by atoms with Gasteiger partial charge in [0.15, 0.2) is 0 Å². The van der Waals surface area contributed by atoms with Crippen molar-refractivity contribution in [3.63, 3.8) is 0 Å². The van der Waals surface area contributed by atoms with Gasteiger partial charge in [0.1, 0.15) is 0 Å². The maximum absolute atomic E-state index is 12.5. The van der Waals surface area contributed by atoms with Gasteiger partial charge < -0.3 is 10.1 Å². The van der Waals surface area contributed by atoms with Gasteiger partial charge in [0.2, 0.25) is 0 Å². The van der Waals surface area contributed by atoms with Gasteiger partial charge in [-0.2, -0.15) is 0 Å². The number of pyridine rings is 1. The Morgan fingerprint density at radius 3 is 2.75 bits per heavy atom. The first-order chi connectivity index (χ1) is 11.7. The standard InChI is InChI=1S/C20H22N2O2/c1-15-7-9-16(10-8-15)13-19(18-6-2-3-11-21-18)22-20(23)17-5-4-12-24-14-17/h2-3,6-11,14,19H,4-5,12-13H2,1H3,(H,22,23)/t19-/m1/s1. The third-order valence-corrected chi connectivity index (χ3v) is 4.14. The fourth-order valence-electron chi connectivity index (χ4n) is 2.75. The van der Waals surface area contributed by atoms with Crippen molar-refractivity contribution in [1.82, 2.24) is 10.3 Å². The van der Waals surface area contributed by atoms with Crippen LogP contribution in [0.1, 0.15) is 35.7 Å². The third-order valence-electron chi connectivity index (χ3n) is 4.14. The summed E-state index contributed by atoms with van der Waals surface area (Å²) >= 11 is 0. The van der Waals surface area contributed by atoms with Crippen molar-refractivity contribution in [3.8, 4) is 0 Å². The van der Waals surface area contributed by atoms with Gasteiger partial charge in [-0.15, -0.1) is 0 Å². The van der Waals surface area contributed by atoms with Gasteiger partial charge >= 0.3 is 0 Å². The van der Waals surface area contributed by atoms with Crippen LogP contribution in [0.4, 0.5) is 0 Å². The molecule has 4 nitrogen and oxygen atoms in total. The lowest BCUT2D eigenvalue weighted by Gasteiger charge is -2.21. The molecular formula is C20H22N2O2. The van der Waals surface area contributed by atoms with E-state index in [1.54, 1.807) is 12.5 Å². The zero-order valence-corrected chi connectivity index (χ0v) is 13.9. The van der Waals surface area contributed by atoms with Crippen LogP contribution < -0.4 is 5.32 Å². The van der Waals surface area contributed by atoms with Gasteiger partial charge in [0.25, 0.3) is 5.91 Å². The maximum Gasteiger partial charge on any atom is 0.250 e. The second kappa shape index (κ2) is 7.77. The summed E-state index contributed by atoms with van der Waals surface area (Å²) in [6, 6.07) is 14.0. The van der Waals surface area contributed by atoms with Crippen LogP contribution in [0.15, 0.2) is 60.5 Å². The van der Waals surface area contributed by atoms with Crippen LogP contribution in [0.25, 0.3) is 0 Å². The molecule has 4 heteroatoms. The molecule has 1 aliphatic heterocycles. The average molecular weight is 322 g/mol. The van der Waals surface area contributed by atoms with Crippen LogP contribution in [0.3, 0.4) is 0 Å². The Labute approximate surface area is 142 Å². The largest absolute Gasteiger partial charge is 0.501 e. The molecule has 0 saturated heterocycles. The number of aryl methyl sites for hydroxylation is 1.